The molecule has 1 heterocycles. The van der Waals surface area contributed by atoms with E-state index in [1.54, 1.807) is 20.8 Å². The van der Waals surface area contributed by atoms with Crippen molar-refractivity contribution in [1.82, 2.24) is 4.90 Å². The van der Waals surface area contributed by atoms with Gasteiger partial charge in [-0.25, -0.2) is 4.79 Å². The maximum absolute atomic E-state index is 11.3. The highest BCUT2D eigenvalue weighted by molar-refractivity contribution is 5.70. The average Bonchev–Trinajstić information content (AvgIpc) is 2.30. The number of carbonyl (C=O) groups is 1. The third kappa shape index (κ3) is 2.65. The molecule has 1 aliphatic heterocycles. The van der Waals surface area contributed by atoms with E-state index in [0.29, 0.717) is 13.0 Å². The third-order valence-corrected chi connectivity index (χ3v) is 1.55. The summed E-state index contributed by atoms with van der Waals surface area (Å²) in [7, 11) is 0. The van der Waals surface area contributed by atoms with Gasteiger partial charge in [0.1, 0.15) is 5.60 Å². The molecule has 0 fully saturated rings. The minimum Gasteiger partial charge on any atom is -0.860 e. The highest BCUT2D eigenvalue weighted by Gasteiger charge is 2.23. The number of nitrogens with zero attached hydrogens (tertiary/aromatic N) is 1. The first-order chi connectivity index (χ1) is 5.90. The van der Waals surface area contributed by atoms with Crippen LogP contribution in [0.5, 0.6) is 0 Å². The summed E-state index contributed by atoms with van der Waals surface area (Å²) in [5.74, 6) is -0.255. The first kappa shape index (κ1) is 9.89. The van der Waals surface area contributed by atoms with Gasteiger partial charge in [0.05, 0.1) is 0 Å². The minimum absolute atomic E-state index is 0.255. The van der Waals surface area contributed by atoms with Gasteiger partial charge in [-0.15, -0.1) is 0 Å². The Labute approximate surface area is 77.8 Å². The number of ether oxygens (including phenoxy) is 1. The zero-order valence-corrected chi connectivity index (χ0v) is 8.16. The van der Waals surface area contributed by atoms with Crippen LogP contribution in [-0.4, -0.2) is 23.1 Å². The second-order valence-electron chi connectivity index (χ2n) is 3.96. The summed E-state index contributed by atoms with van der Waals surface area (Å²) in [5.41, 5.74) is -0.542. The Morgan fingerprint density at radius 3 is 2.62 bits per heavy atom. The number of carbonyl (C=O) groups excluding carboxylic acids is 1. The molecule has 0 aromatic heterocycles. The van der Waals surface area contributed by atoms with E-state index >= 15 is 0 Å². The maximum Gasteiger partial charge on any atom is 0.413 e. The first-order valence-electron chi connectivity index (χ1n) is 4.28. The van der Waals surface area contributed by atoms with Crippen LogP contribution in [0.25, 0.3) is 0 Å². The summed E-state index contributed by atoms with van der Waals surface area (Å²) >= 11 is 0. The van der Waals surface area contributed by atoms with E-state index < -0.39 is 11.7 Å². The van der Waals surface area contributed by atoms with E-state index in [0.717, 1.165) is 4.90 Å². The van der Waals surface area contributed by atoms with Crippen molar-refractivity contribution in [3.8, 4) is 0 Å². The van der Waals surface area contributed by atoms with Crippen molar-refractivity contribution in [3.63, 3.8) is 0 Å². The van der Waals surface area contributed by atoms with E-state index in [1.807, 2.05) is 0 Å². The van der Waals surface area contributed by atoms with E-state index in [1.165, 1.54) is 6.08 Å². The molecule has 0 atom stereocenters. The molecule has 0 aromatic rings. The topological polar surface area (TPSA) is 52.6 Å². The molecule has 1 aliphatic rings. The Kier molecular flexibility index (Phi) is 2.50. The van der Waals surface area contributed by atoms with Gasteiger partial charge in [-0.05, 0) is 33.1 Å². The van der Waals surface area contributed by atoms with Gasteiger partial charge in [0, 0.05) is 6.54 Å². The smallest absolute Gasteiger partial charge is 0.413 e. The van der Waals surface area contributed by atoms with Crippen LogP contribution in [0.15, 0.2) is 12.0 Å². The molecule has 0 aliphatic carbocycles. The largest absolute Gasteiger partial charge is 0.860 e. The van der Waals surface area contributed by atoms with Crippen molar-refractivity contribution in [2.24, 2.45) is 0 Å². The number of hydrogen-bond acceptors (Lipinski definition) is 3. The van der Waals surface area contributed by atoms with Crippen molar-refractivity contribution >= 4 is 6.09 Å². The summed E-state index contributed by atoms with van der Waals surface area (Å²) < 4.78 is 5.04. The fourth-order valence-electron chi connectivity index (χ4n) is 1.04. The van der Waals surface area contributed by atoms with Gasteiger partial charge in [-0.2, -0.15) is 0 Å². The molecule has 0 spiro atoms. The summed E-state index contributed by atoms with van der Waals surface area (Å²) in [4.78, 5) is 12.5. The van der Waals surface area contributed by atoms with E-state index in [2.05, 4.69) is 0 Å². The van der Waals surface area contributed by atoms with Crippen molar-refractivity contribution in [2.45, 2.75) is 32.8 Å². The molecule has 0 unspecified atom stereocenters. The van der Waals surface area contributed by atoms with Crippen LogP contribution in [0.2, 0.25) is 0 Å². The molecular weight excluding hydrogens is 170 g/mol. The molecular formula is C9H14NO3-. The highest BCUT2D eigenvalue weighted by Crippen LogP contribution is 2.15. The highest BCUT2D eigenvalue weighted by atomic mass is 16.6. The zero-order chi connectivity index (χ0) is 10.1. The average molecular weight is 184 g/mol. The fourth-order valence-corrected chi connectivity index (χ4v) is 1.04. The predicted octanol–water partition coefficient (Wildman–Crippen LogP) is 0.829. The van der Waals surface area contributed by atoms with Crippen molar-refractivity contribution in [2.75, 3.05) is 6.54 Å². The monoisotopic (exact) mass is 184 g/mol. The van der Waals surface area contributed by atoms with Gasteiger partial charge in [0.2, 0.25) is 0 Å². The van der Waals surface area contributed by atoms with Crippen LogP contribution >= 0.6 is 0 Å². The van der Waals surface area contributed by atoms with Crippen LogP contribution in [0.4, 0.5) is 4.79 Å². The van der Waals surface area contributed by atoms with Crippen molar-refractivity contribution in [1.29, 1.82) is 0 Å². The SMILES string of the molecule is CC(C)(C)OC(=O)N1CCC=C1[O-]. The number of rotatable bonds is 0. The first-order valence-corrected chi connectivity index (χ1v) is 4.28. The molecule has 13 heavy (non-hydrogen) atoms. The minimum atomic E-state index is -0.550. The molecule has 0 saturated heterocycles. The standard InChI is InChI=1S/C9H15NO3/c1-9(2,3)13-8(12)10-6-4-5-7(10)11/h5,11H,4,6H2,1-3H3/p-1. The zero-order valence-electron chi connectivity index (χ0n) is 8.16. The van der Waals surface area contributed by atoms with Gasteiger partial charge in [0.15, 0.2) is 0 Å². The molecule has 0 aromatic carbocycles. The van der Waals surface area contributed by atoms with Gasteiger partial charge in [-0.3, -0.25) is 4.90 Å². The molecule has 1 rings (SSSR count). The van der Waals surface area contributed by atoms with Crippen molar-refractivity contribution in [3.05, 3.63) is 12.0 Å². The Hall–Kier alpha value is -1.19. The van der Waals surface area contributed by atoms with Crippen LogP contribution in [0.1, 0.15) is 27.2 Å². The molecule has 0 bridgehead atoms. The van der Waals surface area contributed by atoms with Gasteiger partial charge in [0.25, 0.3) is 0 Å². The molecule has 0 N–H and O–H groups in total. The van der Waals surface area contributed by atoms with Crippen LogP contribution in [0.3, 0.4) is 0 Å². The lowest BCUT2D eigenvalue weighted by atomic mass is 10.2. The van der Waals surface area contributed by atoms with Gasteiger partial charge in [-0.1, -0.05) is 6.08 Å². The molecule has 74 valence electrons. The summed E-state index contributed by atoms with van der Waals surface area (Å²) in [5, 5.41) is 11.1. The second-order valence-corrected chi connectivity index (χ2v) is 3.96. The Bertz CT molecular complexity index is 240. The number of hydrogen-bond donors (Lipinski definition) is 0. The molecule has 1 amide bonds. The summed E-state index contributed by atoms with van der Waals surface area (Å²) in [6.45, 7) is 5.76. The molecule has 0 saturated carbocycles. The van der Waals surface area contributed by atoms with Crippen LogP contribution in [0, 0.1) is 0 Å². The Balaban J connectivity index is 2.54. The van der Waals surface area contributed by atoms with Crippen LogP contribution in [-0.2, 0) is 4.74 Å². The molecule has 0 radical (unpaired) electrons. The Morgan fingerprint density at radius 1 is 1.62 bits per heavy atom. The predicted molar refractivity (Wildman–Crippen MR) is 45.6 cm³/mol. The number of amides is 1. The lowest BCUT2D eigenvalue weighted by Gasteiger charge is -2.28. The maximum atomic E-state index is 11.3. The molecule has 4 heteroatoms. The summed E-state index contributed by atoms with van der Waals surface area (Å²) in [6.07, 6.45) is 1.56. The van der Waals surface area contributed by atoms with Gasteiger partial charge >= 0.3 is 6.09 Å². The van der Waals surface area contributed by atoms with Gasteiger partial charge < -0.3 is 9.84 Å². The molecule has 4 nitrogen and oxygen atoms in total. The van der Waals surface area contributed by atoms with E-state index in [4.69, 9.17) is 4.74 Å². The van der Waals surface area contributed by atoms with Crippen LogP contribution < -0.4 is 5.11 Å². The van der Waals surface area contributed by atoms with E-state index in [9.17, 15) is 9.90 Å². The Morgan fingerprint density at radius 2 is 2.23 bits per heavy atom. The lowest BCUT2D eigenvalue weighted by molar-refractivity contribution is -0.326. The quantitative estimate of drug-likeness (QED) is 0.560. The normalized spacial score (nSPS) is 17.2. The second kappa shape index (κ2) is 3.28. The van der Waals surface area contributed by atoms with E-state index in [-0.39, 0.29) is 5.88 Å². The van der Waals surface area contributed by atoms with Crippen molar-refractivity contribution < 1.29 is 14.6 Å². The lowest BCUT2D eigenvalue weighted by Crippen LogP contribution is -2.37. The third-order valence-electron chi connectivity index (χ3n) is 1.55. The summed E-state index contributed by atoms with van der Waals surface area (Å²) in [6, 6.07) is 0. The fraction of sp³-hybridized carbons (Fsp3) is 0.667.